The third-order valence-electron chi connectivity index (χ3n) is 2.26. The molecule has 0 radical (unpaired) electrons. The Kier molecular flexibility index (Phi) is 3.79. The molecule has 92 valence electrons. The fraction of sp³-hybridized carbons (Fsp3) is 0.182. The fourth-order valence-corrected chi connectivity index (χ4v) is 2.96. The molecule has 1 N–H and O–H groups in total. The number of aromatic nitrogens is 2. The summed E-state index contributed by atoms with van der Waals surface area (Å²) in [7, 11) is 1.83. The van der Waals surface area contributed by atoms with Crippen molar-refractivity contribution >= 4 is 33.1 Å². The lowest BCUT2D eigenvalue weighted by Crippen LogP contribution is -2.22. The highest BCUT2D eigenvalue weighted by Crippen LogP contribution is 2.22. The van der Waals surface area contributed by atoms with Crippen molar-refractivity contribution < 1.29 is 0 Å². The van der Waals surface area contributed by atoms with E-state index < -0.39 is 5.69 Å². The molecular formula is C11H9BrN4OS. The standard InChI is InChI=1S/C11H9BrN4OS/c1-16(5-9-2-7(12)6-18-9)10-3-8(4-13)14-11(17)15-10/h2-3,6H,5H2,1H3,(H,14,15,17). The maximum absolute atomic E-state index is 11.3. The number of nitrogens with zero attached hydrogens (tertiary/aromatic N) is 3. The highest BCUT2D eigenvalue weighted by Gasteiger charge is 2.08. The average molecular weight is 325 g/mol. The Labute approximate surface area is 116 Å². The molecule has 0 aliphatic rings. The van der Waals surface area contributed by atoms with Crippen molar-refractivity contribution in [3.63, 3.8) is 0 Å². The van der Waals surface area contributed by atoms with E-state index in [1.807, 2.05) is 29.5 Å². The first kappa shape index (κ1) is 12.8. The Balaban J connectivity index is 2.23. The minimum Gasteiger partial charge on any atom is -0.354 e. The van der Waals surface area contributed by atoms with Gasteiger partial charge in [0, 0.05) is 27.8 Å². The van der Waals surface area contributed by atoms with Crippen molar-refractivity contribution in [3.8, 4) is 6.07 Å². The smallest absolute Gasteiger partial charge is 0.347 e. The summed E-state index contributed by atoms with van der Waals surface area (Å²) in [5.74, 6) is 0.486. The summed E-state index contributed by atoms with van der Waals surface area (Å²) in [6.07, 6.45) is 0. The summed E-state index contributed by atoms with van der Waals surface area (Å²) in [4.78, 5) is 20.5. The van der Waals surface area contributed by atoms with Crippen LogP contribution in [0.15, 0.2) is 26.8 Å². The van der Waals surface area contributed by atoms with Crippen molar-refractivity contribution in [1.29, 1.82) is 5.26 Å². The quantitative estimate of drug-likeness (QED) is 0.938. The zero-order valence-corrected chi connectivity index (χ0v) is 11.9. The SMILES string of the molecule is CN(Cc1cc(Br)cs1)c1cc(C#N)[nH]c(=O)n1. The van der Waals surface area contributed by atoms with E-state index in [1.54, 1.807) is 17.4 Å². The highest BCUT2D eigenvalue weighted by molar-refractivity contribution is 9.10. The summed E-state index contributed by atoms with van der Waals surface area (Å²) >= 11 is 5.01. The second-order valence-corrected chi connectivity index (χ2v) is 5.57. The van der Waals surface area contributed by atoms with Crippen molar-refractivity contribution in [2.24, 2.45) is 0 Å². The number of aromatic amines is 1. The number of thiophene rings is 1. The first-order valence-corrected chi connectivity index (χ1v) is 6.71. The molecule has 0 amide bonds. The number of nitrogens with one attached hydrogen (secondary N) is 1. The summed E-state index contributed by atoms with van der Waals surface area (Å²) in [5, 5.41) is 10.8. The normalized spacial score (nSPS) is 10.1. The zero-order chi connectivity index (χ0) is 13.1. The number of hydrogen-bond acceptors (Lipinski definition) is 5. The van der Waals surface area contributed by atoms with Gasteiger partial charge in [0.1, 0.15) is 17.6 Å². The molecule has 2 heterocycles. The van der Waals surface area contributed by atoms with Gasteiger partial charge >= 0.3 is 5.69 Å². The van der Waals surface area contributed by atoms with E-state index in [-0.39, 0.29) is 5.69 Å². The molecule has 0 bridgehead atoms. The molecule has 0 saturated carbocycles. The van der Waals surface area contributed by atoms with Crippen LogP contribution in [0.3, 0.4) is 0 Å². The van der Waals surface area contributed by atoms with E-state index in [1.165, 1.54) is 0 Å². The molecule has 5 nitrogen and oxygen atoms in total. The van der Waals surface area contributed by atoms with Gasteiger partial charge in [-0.15, -0.1) is 11.3 Å². The summed E-state index contributed by atoms with van der Waals surface area (Å²) in [6, 6.07) is 5.48. The fourth-order valence-electron chi connectivity index (χ4n) is 1.45. The van der Waals surface area contributed by atoms with E-state index >= 15 is 0 Å². The van der Waals surface area contributed by atoms with Gasteiger partial charge in [-0.3, -0.25) is 4.98 Å². The molecule has 2 aromatic rings. The van der Waals surface area contributed by atoms with Crippen LogP contribution in [0.1, 0.15) is 10.6 Å². The van der Waals surface area contributed by atoms with Gasteiger partial charge in [-0.05, 0) is 22.0 Å². The zero-order valence-electron chi connectivity index (χ0n) is 9.48. The lowest BCUT2D eigenvalue weighted by molar-refractivity contribution is 0.889. The van der Waals surface area contributed by atoms with Gasteiger partial charge in [0.05, 0.1) is 6.54 Å². The predicted molar refractivity (Wildman–Crippen MR) is 73.7 cm³/mol. The van der Waals surface area contributed by atoms with Crippen LogP contribution in [-0.4, -0.2) is 17.0 Å². The number of hydrogen-bond donors (Lipinski definition) is 1. The van der Waals surface area contributed by atoms with Gasteiger partial charge in [-0.1, -0.05) is 0 Å². The third-order valence-corrected chi connectivity index (χ3v) is 3.94. The van der Waals surface area contributed by atoms with Gasteiger partial charge < -0.3 is 4.90 Å². The molecular weight excluding hydrogens is 316 g/mol. The average Bonchev–Trinajstić information content (AvgIpc) is 2.73. The van der Waals surface area contributed by atoms with E-state index in [4.69, 9.17) is 5.26 Å². The van der Waals surface area contributed by atoms with Crippen molar-refractivity contribution in [1.82, 2.24) is 9.97 Å². The van der Waals surface area contributed by atoms with Crippen molar-refractivity contribution in [2.45, 2.75) is 6.54 Å². The van der Waals surface area contributed by atoms with Gasteiger partial charge in [0.2, 0.25) is 0 Å². The Morgan fingerprint density at radius 3 is 3.00 bits per heavy atom. The molecule has 7 heteroatoms. The minimum atomic E-state index is -0.511. The molecule has 0 saturated heterocycles. The maximum Gasteiger partial charge on any atom is 0.347 e. The van der Waals surface area contributed by atoms with Crippen molar-refractivity contribution in [2.75, 3.05) is 11.9 Å². The lowest BCUT2D eigenvalue weighted by atomic mass is 10.4. The minimum absolute atomic E-state index is 0.212. The molecule has 0 unspecified atom stereocenters. The first-order chi connectivity index (χ1) is 8.58. The van der Waals surface area contributed by atoms with Gasteiger partial charge in [0.25, 0.3) is 0 Å². The Hall–Kier alpha value is -1.65. The molecule has 0 fully saturated rings. The molecule has 0 atom stereocenters. The van der Waals surface area contributed by atoms with Crippen LogP contribution in [0.5, 0.6) is 0 Å². The molecule has 0 aliphatic carbocycles. The molecule has 0 aromatic carbocycles. The number of nitriles is 1. The predicted octanol–water partition coefficient (Wildman–Crippen LogP) is 2.10. The Bertz CT molecular complexity index is 658. The first-order valence-electron chi connectivity index (χ1n) is 5.04. The summed E-state index contributed by atoms with van der Waals surface area (Å²) in [6.45, 7) is 0.636. The van der Waals surface area contributed by atoms with Crippen LogP contribution in [0.25, 0.3) is 0 Å². The largest absolute Gasteiger partial charge is 0.354 e. The summed E-state index contributed by atoms with van der Waals surface area (Å²) < 4.78 is 1.03. The van der Waals surface area contributed by atoms with Crippen LogP contribution < -0.4 is 10.6 Å². The molecule has 0 aliphatic heterocycles. The van der Waals surface area contributed by atoms with Crippen molar-refractivity contribution in [3.05, 3.63) is 43.0 Å². The monoisotopic (exact) mass is 324 g/mol. The summed E-state index contributed by atoms with van der Waals surface area (Å²) in [5.41, 5.74) is -0.299. The highest BCUT2D eigenvalue weighted by atomic mass is 79.9. The Morgan fingerprint density at radius 2 is 2.39 bits per heavy atom. The van der Waals surface area contributed by atoms with E-state index in [0.29, 0.717) is 12.4 Å². The van der Waals surface area contributed by atoms with Crippen LogP contribution in [0.4, 0.5) is 5.82 Å². The molecule has 2 rings (SSSR count). The number of H-pyrrole nitrogens is 1. The number of halogens is 1. The lowest BCUT2D eigenvalue weighted by Gasteiger charge is -2.16. The molecule has 2 aromatic heterocycles. The van der Waals surface area contributed by atoms with Gasteiger partial charge in [-0.25, -0.2) is 4.79 Å². The molecule has 0 spiro atoms. The third kappa shape index (κ3) is 2.97. The van der Waals surface area contributed by atoms with Gasteiger partial charge in [-0.2, -0.15) is 10.2 Å². The number of anilines is 1. The van der Waals surface area contributed by atoms with E-state index in [0.717, 1.165) is 9.35 Å². The molecule has 18 heavy (non-hydrogen) atoms. The number of rotatable bonds is 3. The maximum atomic E-state index is 11.3. The van der Waals surface area contributed by atoms with Crippen LogP contribution in [-0.2, 0) is 6.54 Å². The topological polar surface area (TPSA) is 72.8 Å². The van der Waals surface area contributed by atoms with Crippen LogP contribution in [0, 0.1) is 11.3 Å². The van der Waals surface area contributed by atoms with Gasteiger partial charge in [0.15, 0.2) is 0 Å². The van der Waals surface area contributed by atoms with E-state index in [9.17, 15) is 4.79 Å². The second-order valence-electron chi connectivity index (χ2n) is 3.66. The second kappa shape index (κ2) is 5.33. The van der Waals surface area contributed by atoms with E-state index in [2.05, 4.69) is 25.9 Å². The Morgan fingerprint density at radius 1 is 1.61 bits per heavy atom. The van der Waals surface area contributed by atoms with Crippen LogP contribution in [0.2, 0.25) is 0 Å². The van der Waals surface area contributed by atoms with Crippen LogP contribution >= 0.6 is 27.3 Å².